The molecule has 0 aliphatic carbocycles. The van der Waals surface area contributed by atoms with Gasteiger partial charge in [-0.2, -0.15) is 0 Å². The van der Waals surface area contributed by atoms with Crippen LogP contribution in [0.1, 0.15) is 6.92 Å². The zero-order chi connectivity index (χ0) is 11.5. The Kier molecular flexibility index (Phi) is 3.31. The fraction of sp³-hybridized carbons (Fsp3) is 0.222. The van der Waals surface area contributed by atoms with Crippen LogP contribution < -0.4 is 9.46 Å². The number of ether oxygens (including phenoxy) is 1. The zero-order valence-electron chi connectivity index (χ0n) is 8.35. The van der Waals surface area contributed by atoms with Crippen LogP contribution in [0.2, 0.25) is 0 Å². The highest BCUT2D eigenvalue weighted by atomic mass is 32.2. The van der Waals surface area contributed by atoms with Gasteiger partial charge in [0.15, 0.2) is 0 Å². The summed E-state index contributed by atoms with van der Waals surface area (Å²) in [5, 5.41) is 0. The summed E-state index contributed by atoms with van der Waals surface area (Å²) in [7, 11) is -3.27. The molecule has 0 atom stereocenters. The average Bonchev–Trinajstić information content (AvgIpc) is 2.05. The smallest absolute Gasteiger partial charge is 0.308 e. The van der Waals surface area contributed by atoms with Gasteiger partial charge in [0.2, 0.25) is 10.0 Å². The quantitative estimate of drug-likeness (QED) is 0.619. The fourth-order valence-corrected chi connectivity index (χ4v) is 1.54. The van der Waals surface area contributed by atoms with Gasteiger partial charge < -0.3 is 4.74 Å². The van der Waals surface area contributed by atoms with Crippen molar-refractivity contribution in [2.75, 3.05) is 11.0 Å². The summed E-state index contributed by atoms with van der Waals surface area (Å²) in [5.74, 6) is -0.0413. The first-order valence-electron chi connectivity index (χ1n) is 4.13. The van der Waals surface area contributed by atoms with Crippen molar-refractivity contribution in [2.24, 2.45) is 0 Å². The van der Waals surface area contributed by atoms with Crippen molar-refractivity contribution < 1.29 is 17.9 Å². The third-order valence-electron chi connectivity index (χ3n) is 1.42. The Labute approximate surface area is 88.1 Å². The number of anilines is 1. The van der Waals surface area contributed by atoms with Crippen molar-refractivity contribution in [3.63, 3.8) is 0 Å². The summed E-state index contributed by atoms with van der Waals surface area (Å²) in [6.45, 7) is 1.29. The Bertz CT molecular complexity index is 450. The van der Waals surface area contributed by atoms with Crippen molar-refractivity contribution in [3.05, 3.63) is 24.3 Å². The van der Waals surface area contributed by atoms with Crippen LogP contribution in [0.5, 0.6) is 5.75 Å². The Morgan fingerprint density at radius 2 is 1.80 bits per heavy atom. The predicted octanol–water partition coefficient (Wildman–Crippen LogP) is 0.983. The molecule has 0 aromatic heterocycles. The van der Waals surface area contributed by atoms with E-state index in [4.69, 9.17) is 4.74 Å². The minimum atomic E-state index is -3.27. The highest BCUT2D eigenvalue weighted by Crippen LogP contribution is 2.16. The van der Waals surface area contributed by atoms with E-state index in [9.17, 15) is 13.2 Å². The molecule has 0 bridgehead atoms. The standard InChI is InChI=1S/C9H11NO4S/c1-7(11)14-9-5-3-8(4-6-9)10-15(2,12)13/h3-6,10H,1-2H3. The van der Waals surface area contributed by atoms with E-state index in [0.717, 1.165) is 6.26 Å². The number of hydrogen-bond donors (Lipinski definition) is 1. The lowest BCUT2D eigenvalue weighted by Gasteiger charge is -2.04. The van der Waals surface area contributed by atoms with E-state index in [2.05, 4.69) is 4.72 Å². The first kappa shape index (κ1) is 11.5. The molecular formula is C9H11NO4S. The first-order chi connectivity index (χ1) is 6.87. The molecule has 0 heterocycles. The summed E-state index contributed by atoms with van der Waals surface area (Å²) in [4.78, 5) is 10.6. The lowest BCUT2D eigenvalue weighted by molar-refractivity contribution is -0.131. The summed E-state index contributed by atoms with van der Waals surface area (Å²) in [6, 6.07) is 6.04. The van der Waals surface area contributed by atoms with E-state index >= 15 is 0 Å². The lowest BCUT2D eigenvalue weighted by Crippen LogP contribution is -2.09. The SMILES string of the molecule is CC(=O)Oc1ccc(NS(C)(=O)=O)cc1. The van der Waals surface area contributed by atoms with E-state index < -0.39 is 16.0 Å². The molecule has 0 unspecified atom stereocenters. The largest absolute Gasteiger partial charge is 0.427 e. The molecule has 82 valence electrons. The first-order valence-corrected chi connectivity index (χ1v) is 6.02. The van der Waals surface area contributed by atoms with E-state index in [-0.39, 0.29) is 0 Å². The molecule has 1 N–H and O–H groups in total. The number of rotatable bonds is 3. The minimum Gasteiger partial charge on any atom is -0.427 e. The molecule has 0 radical (unpaired) electrons. The molecule has 0 fully saturated rings. The lowest BCUT2D eigenvalue weighted by atomic mass is 10.3. The van der Waals surface area contributed by atoms with Gasteiger partial charge in [0.05, 0.1) is 6.26 Å². The third kappa shape index (κ3) is 4.46. The molecule has 5 nitrogen and oxygen atoms in total. The van der Waals surface area contributed by atoms with Crippen LogP contribution in [0.4, 0.5) is 5.69 Å². The van der Waals surface area contributed by atoms with Gasteiger partial charge in [-0.25, -0.2) is 8.42 Å². The van der Waals surface area contributed by atoms with Crippen LogP contribution in [-0.2, 0) is 14.8 Å². The van der Waals surface area contributed by atoms with E-state index in [0.29, 0.717) is 11.4 Å². The maximum absolute atomic E-state index is 10.9. The van der Waals surface area contributed by atoms with Crippen LogP contribution in [-0.4, -0.2) is 20.6 Å². The van der Waals surface area contributed by atoms with Gasteiger partial charge in [-0.3, -0.25) is 9.52 Å². The number of sulfonamides is 1. The summed E-state index contributed by atoms with van der Waals surface area (Å²) < 4.78 is 28.8. The molecule has 6 heteroatoms. The summed E-state index contributed by atoms with van der Waals surface area (Å²) in [6.07, 6.45) is 1.06. The molecule has 1 aromatic carbocycles. The van der Waals surface area contributed by atoms with Crippen LogP contribution in [0.25, 0.3) is 0 Å². The molecule has 0 saturated carbocycles. The van der Waals surface area contributed by atoms with Gasteiger partial charge >= 0.3 is 5.97 Å². The van der Waals surface area contributed by atoms with Gasteiger partial charge in [0.25, 0.3) is 0 Å². The van der Waals surface area contributed by atoms with Crippen LogP contribution in [0.3, 0.4) is 0 Å². The molecule has 15 heavy (non-hydrogen) atoms. The number of benzene rings is 1. The van der Waals surface area contributed by atoms with Crippen molar-refractivity contribution in [1.82, 2.24) is 0 Å². The van der Waals surface area contributed by atoms with Crippen LogP contribution in [0.15, 0.2) is 24.3 Å². The molecule has 1 aromatic rings. The molecule has 0 spiro atoms. The minimum absolute atomic E-state index is 0.376. The Balaban J connectivity index is 2.77. The number of carbonyl (C=O) groups excluding carboxylic acids is 1. The topological polar surface area (TPSA) is 72.5 Å². The van der Waals surface area contributed by atoms with E-state index in [1.54, 1.807) is 0 Å². The van der Waals surface area contributed by atoms with Crippen molar-refractivity contribution >= 4 is 21.7 Å². The van der Waals surface area contributed by atoms with Gasteiger partial charge in [0, 0.05) is 12.6 Å². The normalized spacial score (nSPS) is 10.8. The predicted molar refractivity (Wildman–Crippen MR) is 56.2 cm³/mol. The molecule has 0 saturated heterocycles. The van der Waals surface area contributed by atoms with Gasteiger partial charge in [0.1, 0.15) is 5.75 Å². The van der Waals surface area contributed by atoms with Crippen LogP contribution >= 0.6 is 0 Å². The zero-order valence-corrected chi connectivity index (χ0v) is 9.17. The maximum atomic E-state index is 10.9. The molecular weight excluding hydrogens is 218 g/mol. The average molecular weight is 229 g/mol. The summed E-state index contributed by atoms with van der Waals surface area (Å²) in [5.41, 5.74) is 0.424. The Morgan fingerprint density at radius 1 is 1.27 bits per heavy atom. The van der Waals surface area contributed by atoms with Crippen molar-refractivity contribution in [1.29, 1.82) is 0 Å². The molecule has 0 aliphatic rings. The van der Waals surface area contributed by atoms with Crippen molar-refractivity contribution in [2.45, 2.75) is 6.92 Å². The molecule has 0 amide bonds. The second-order valence-corrected chi connectivity index (χ2v) is 4.74. The monoisotopic (exact) mass is 229 g/mol. The molecule has 1 rings (SSSR count). The second kappa shape index (κ2) is 4.31. The highest BCUT2D eigenvalue weighted by Gasteiger charge is 2.02. The summed E-state index contributed by atoms with van der Waals surface area (Å²) >= 11 is 0. The second-order valence-electron chi connectivity index (χ2n) is 2.99. The Morgan fingerprint density at radius 3 is 2.20 bits per heavy atom. The van der Waals surface area contributed by atoms with E-state index in [1.165, 1.54) is 31.2 Å². The fourth-order valence-electron chi connectivity index (χ4n) is 0.971. The molecule has 0 aliphatic heterocycles. The number of carbonyl (C=O) groups is 1. The number of esters is 1. The highest BCUT2D eigenvalue weighted by molar-refractivity contribution is 7.92. The number of hydrogen-bond acceptors (Lipinski definition) is 4. The van der Waals surface area contributed by atoms with Gasteiger partial charge in [-0.05, 0) is 24.3 Å². The maximum Gasteiger partial charge on any atom is 0.308 e. The van der Waals surface area contributed by atoms with Crippen molar-refractivity contribution in [3.8, 4) is 5.75 Å². The van der Waals surface area contributed by atoms with Gasteiger partial charge in [-0.15, -0.1) is 0 Å². The van der Waals surface area contributed by atoms with Gasteiger partial charge in [-0.1, -0.05) is 0 Å². The Hall–Kier alpha value is -1.56. The third-order valence-corrected chi connectivity index (χ3v) is 2.03. The number of nitrogens with one attached hydrogen (secondary N) is 1. The van der Waals surface area contributed by atoms with Crippen LogP contribution in [0, 0.1) is 0 Å². The van der Waals surface area contributed by atoms with E-state index in [1.807, 2.05) is 0 Å².